The van der Waals surface area contributed by atoms with E-state index in [0.29, 0.717) is 17.4 Å². The summed E-state index contributed by atoms with van der Waals surface area (Å²) in [5, 5.41) is 4.12. The zero-order valence-electron chi connectivity index (χ0n) is 14.9. The number of para-hydroxylation sites is 1. The highest BCUT2D eigenvalue weighted by Crippen LogP contribution is 2.32. The molecule has 1 aromatic heterocycles. The van der Waals surface area contributed by atoms with Crippen LogP contribution in [0.5, 0.6) is 0 Å². The number of rotatable bonds is 3. The summed E-state index contributed by atoms with van der Waals surface area (Å²) >= 11 is 0. The van der Waals surface area contributed by atoms with Crippen LogP contribution in [0, 0.1) is 5.82 Å². The van der Waals surface area contributed by atoms with E-state index in [0.717, 1.165) is 25.9 Å². The summed E-state index contributed by atoms with van der Waals surface area (Å²) in [6.45, 7) is 4.03. The summed E-state index contributed by atoms with van der Waals surface area (Å²) in [5.41, 5.74) is 12.7. The number of nitrogen functional groups attached to an aromatic ring is 2. The van der Waals surface area contributed by atoms with E-state index >= 15 is 0 Å². The number of piperidine rings is 2. The minimum Gasteiger partial charge on any atom is -0.368 e. The molecule has 0 saturated carbocycles. The maximum Gasteiger partial charge on any atom is 0.241 e. The monoisotopic (exact) mass is 359 g/mol. The van der Waals surface area contributed by atoms with E-state index < -0.39 is 0 Å². The highest BCUT2D eigenvalue weighted by atomic mass is 19.1. The summed E-state index contributed by atoms with van der Waals surface area (Å²) < 4.78 is 16.1. The van der Waals surface area contributed by atoms with Crippen molar-refractivity contribution in [3.8, 4) is 5.69 Å². The maximum atomic E-state index is 14.7. The van der Waals surface area contributed by atoms with Crippen LogP contribution in [-0.2, 0) is 0 Å². The summed E-state index contributed by atoms with van der Waals surface area (Å²) in [6.07, 6.45) is 6.03. The Morgan fingerprint density at radius 3 is 2.38 bits per heavy atom. The van der Waals surface area contributed by atoms with Crippen molar-refractivity contribution in [3.63, 3.8) is 0 Å². The number of nitrogens with two attached hydrogens (primary N) is 2. The van der Waals surface area contributed by atoms with Gasteiger partial charge < -0.3 is 21.3 Å². The summed E-state index contributed by atoms with van der Waals surface area (Å²) in [4.78, 5) is 8.65. The van der Waals surface area contributed by atoms with Gasteiger partial charge in [-0.3, -0.25) is 0 Å². The highest BCUT2D eigenvalue weighted by molar-refractivity contribution is 5.65. The number of halogens is 1. The van der Waals surface area contributed by atoms with Crippen LogP contribution in [0.4, 0.5) is 22.0 Å². The normalized spacial score (nSPS) is 19.8. The van der Waals surface area contributed by atoms with Gasteiger partial charge in [-0.2, -0.15) is 9.67 Å². The smallest absolute Gasteiger partial charge is 0.241 e. The van der Waals surface area contributed by atoms with Gasteiger partial charge >= 0.3 is 0 Å². The van der Waals surface area contributed by atoms with Crippen LogP contribution in [0.15, 0.2) is 18.2 Å². The molecule has 0 aliphatic carbocycles. The lowest BCUT2D eigenvalue weighted by atomic mass is 9.99. The molecular formula is C18H26FN7. The van der Waals surface area contributed by atoms with Gasteiger partial charge in [0.15, 0.2) is 0 Å². The van der Waals surface area contributed by atoms with Gasteiger partial charge in [0, 0.05) is 19.1 Å². The summed E-state index contributed by atoms with van der Waals surface area (Å²) in [6, 6.07) is 5.55. The molecule has 140 valence electrons. The standard InChI is InChI=1S/C18H26FN7/c19-14-5-4-6-15(26-18(21)22-17(20)23-26)16(14)25-11-7-13(8-12-25)24-9-2-1-3-10-24/h4-6,13H,1-3,7-12H2,(H4,20,21,22,23). The van der Waals surface area contributed by atoms with Crippen LogP contribution in [0.25, 0.3) is 5.69 Å². The van der Waals surface area contributed by atoms with Crippen molar-refractivity contribution in [1.29, 1.82) is 0 Å². The third kappa shape index (κ3) is 3.21. The van der Waals surface area contributed by atoms with Gasteiger partial charge in [0.25, 0.3) is 0 Å². The van der Waals surface area contributed by atoms with E-state index in [4.69, 9.17) is 11.5 Å². The molecule has 3 heterocycles. The van der Waals surface area contributed by atoms with Crippen LogP contribution in [0.1, 0.15) is 32.1 Å². The molecule has 8 heteroatoms. The molecular weight excluding hydrogens is 333 g/mol. The molecule has 4 rings (SSSR count). The fourth-order valence-electron chi connectivity index (χ4n) is 4.24. The molecule has 2 fully saturated rings. The molecule has 0 spiro atoms. The second-order valence-electron chi connectivity index (χ2n) is 7.16. The van der Waals surface area contributed by atoms with E-state index in [2.05, 4.69) is 19.9 Å². The number of aromatic nitrogens is 3. The molecule has 0 unspecified atom stereocenters. The molecule has 0 atom stereocenters. The van der Waals surface area contributed by atoms with Gasteiger partial charge in [-0.25, -0.2) is 4.39 Å². The lowest BCUT2D eigenvalue weighted by Crippen LogP contribution is -2.47. The summed E-state index contributed by atoms with van der Waals surface area (Å²) in [5.74, 6) is -0.0218. The first-order valence-corrected chi connectivity index (χ1v) is 9.39. The Morgan fingerprint density at radius 2 is 1.73 bits per heavy atom. The highest BCUT2D eigenvalue weighted by Gasteiger charge is 2.28. The fraction of sp³-hybridized carbons (Fsp3) is 0.556. The molecule has 4 N–H and O–H groups in total. The Bertz CT molecular complexity index is 761. The Balaban J connectivity index is 1.56. The number of hydrogen-bond donors (Lipinski definition) is 2. The first-order chi connectivity index (χ1) is 12.6. The molecule has 2 aliphatic rings. The molecule has 1 aromatic carbocycles. The van der Waals surface area contributed by atoms with Crippen LogP contribution in [0.3, 0.4) is 0 Å². The first kappa shape index (κ1) is 17.1. The quantitative estimate of drug-likeness (QED) is 0.872. The van der Waals surface area contributed by atoms with E-state index in [1.165, 1.54) is 43.1 Å². The van der Waals surface area contributed by atoms with E-state index in [-0.39, 0.29) is 17.7 Å². The molecule has 0 bridgehead atoms. The Hall–Kier alpha value is -2.35. The zero-order chi connectivity index (χ0) is 18.1. The molecule has 26 heavy (non-hydrogen) atoms. The van der Waals surface area contributed by atoms with Gasteiger partial charge in [-0.05, 0) is 50.9 Å². The number of anilines is 3. The second-order valence-corrected chi connectivity index (χ2v) is 7.16. The van der Waals surface area contributed by atoms with Gasteiger partial charge in [-0.15, -0.1) is 5.10 Å². The van der Waals surface area contributed by atoms with Crippen molar-refractivity contribution >= 4 is 17.6 Å². The van der Waals surface area contributed by atoms with Crippen LogP contribution < -0.4 is 16.4 Å². The topological polar surface area (TPSA) is 89.2 Å². The average Bonchev–Trinajstić information content (AvgIpc) is 3.00. The fourth-order valence-corrected chi connectivity index (χ4v) is 4.24. The van der Waals surface area contributed by atoms with Crippen molar-refractivity contribution in [1.82, 2.24) is 19.7 Å². The molecule has 2 saturated heterocycles. The SMILES string of the molecule is Nc1nc(N)n(-c2cccc(F)c2N2CCC(N3CCCCC3)CC2)n1. The van der Waals surface area contributed by atoms with Crippen LogP contribution >= 0.6 is 0 Å². The Kier molecular flexibility index (Phi) is 4.67. The lowest BCUT2D eigenvalue weighted by Gasteiger charge is -2.41. The largest absolute Gasteiger partial charge is 0.368 e. The van der Waals surface area contributed by atoms with Crippen molar-refractivity contribution in [2.24, 2.45) is 0 Å². The maximum absolute atomic E-state index is 14.7. The van der Waals surface area contributed by atoms with Crippen molar-refractivity contribution in [2.75, 3.05) is 42.5 Å². The van der Waals surface area contributed by atoms with Crippen LogP contribution in [0.2, 0.25) is 0 Å². The molecule has 0 radical (unpaired) electrons. The van der Waals surface area contributed by atoms with Crippen molar-refractivity contribution < 1.29 is 4.39 Å². The molecule has 0 amide bonds. The third-order valence-electron chi connectivity index (χ3n) is 5.53. The Labute approximate surface area is 152 Å². The van der Waals surface area contributed by atoms with E-state index in [1.54, 1.807) is 12.1 Å². The number of likely N-dealkylation sites (tertiary alicyclic amines) is 1. The minimum absolute atomic E-state index is 0.0847. The van der Waals surface area contributed by atoms with Gasteiger partial charge in [0.05, 0.1) is 11.4 Å². The predicted octanol–water partition coefficient (Wildman–Crippen LogP) is 2.03. The third-order valence-corrected chi connectivity index (χ3v) is 5.53. The van der Waals surface area contributed by atoms with Gasteiger partial charge in [0.1, 0.15) is 5.82 Å². The number of hydrogen-bond acceptors (Lipinski definition) is 6. The number of benzene rings is 1. The predicted molar refractivity (Wildman–Crippen MR) is 101 cm³/mol. The van der Waals surface area contributed by atoms with Crippen molar-refractivity contribution in [3.05, 3.63) is 24.0 Å². The zero-order valence-corrected chi connectivity index (χ0v) is 14.9. The molecule has 7 nitrogen and oxygen atoms in total. The summed E-state index contributed by atoms with van der Waals surface area (Å²) in [7, 11) is 0. The Morgan fingerprint density at radius 1 is 1.00 bits per heavy atom. The average molecular weight is 359 g/mol. The molecule has 2 aliphatic heterocycles. The van der Waals surface area contributed by atoms with E-state index in [9.17, 15) is 4.39 Å². The minimum atomic E-state index is -0.271. The van der Waals surface area contributed by atoms with Gasteiger partial charge in [0.2, 0.25) is 11.9 Å². The number of nitrogens with zero attached hydrogens (tertiary/aromatic N) is 5. The second kappa shape index (κ2) is 7.11. The van der Waals surface area contributed by atoms with Crippen LogP contribution in [-0.4, -0.2) is 51.9 Å². The van der Waals surface area contributed by atoms with Crippen molar-refractivity contribution in [2.45, 2.75) is 38.1 Å². The van der Waals surface area contributed by atoms with Gasteiger partial charge in [-0.1, -0.05) is 12.5 Å². The van der Waals surface area contributed by atoms with E-state index in [1.807, 2.05) is 0 Å². The molecule has 2 aromatic rings. The lowest BCUT2D eigenvalue weighted by molar-refractivity contribution is 0.141. The first-order valence-electron chi connectivity index (χ1n) is 9.39.